The Labute approximate surface area is 132 Å². The SMILES string of the molecule is COc1ccc(C)cc1C(=O)NNC(=O)Cn1ccccc1=O. The lowest BCUT2D eigenvalue weighted by Crippen LogP contribution is -2.44. The number of pyridine rings is 1. The molecule has 0 aliphatic carbocycles. The highest BCUT2D eigenvalue weighted by Crippen LogP contribution is 2.19. The van der Waals surface area contributed by atoms with E-state index in [2.05, 4.69) is 10.9 Å². The second-order valence-electron chi connectivity index (χ2n) is 4.87. The largest absolute Gasteiger partial charge is 0.496 e. The van der Waals surface area contributed by atoms with Crippen LogP contribution in [0.5, 0.6) is 5.75 Å². The summed E-state index contributed by atoms with van der Waals surface area (Å²) in [5, 5.41) is 0. The second kappa shape index (κ2) is 7.26. The van der Waals surface area contributed by atoms with E-state index in [0.29, 0.717) is 11.3 Å². The highest BCUT2D eigenvalue weighted by Gasteiger charge is 2.13. The molecule has 0 spiro atoms. The third kappa shape index (κ3) is 4.19. The van der Waals surface area contributed by atoms with Gasteiger partial charge in [-0.2, -0.15) is 0 Å². The fourth-order valence-corrected chi connectivity index (χ4v) is 1.98. The van der Waals surface area contributed by atoms with Gasteiger partial charge in [-0.25, -0.2) is 0 Å². The highest BCUT2D eigenvalue weighted by atomic mass is 16.5. The molecule has 2 rings (SSSR count). The number of nitrogens with one attached hydrogen (secondary N) is 2. The van der Waals surface area contributed by atoms with Crippen LogP contribution in [0.25, 0.3) is 0 Å². The van der Waals surface area contributed by atoms with Crippen molar-refractivity contribution < 1.29 is 14.3 Å². The van der Waals surface area contributed by atoms with Crippen molar-refractivity contribution in [1.82, 2.24) is 15.4 Å². The smallest absolute Gasteiger partial charge is 0.273 e. The zero-order valence-electron chi connectivity index (χ0n) is 12.8. The standard InChI is InChI=1S/C16H17N3O4/c1-11-6-7-13(23-2)12(9-11)16(22)18-17-14(20)10-19-8-4-3-5-15(19)21/h3-9H,10H2,1-2H3,(H,17,20)(H,18,22). The molecule has 0 radical (unpaired) electrons. The van der Waals surface area contributed by atoms with Crippen molar-refractivity contribution in [2.24, 2.45) is 0 Å². The van der Waals surface area contributed by atoms with E-state index in [1.165, 1.54) is 23.9 Å². The van der Waals surface area contributed by atoms with Crippen molar-refractivity contribution in [2.75, 3.05) is 7.11 Å². The lowest BCUT2D eigenvalue weighted by Gasteiger charge is -2.11. The van der Waals surface area contributed by atoms with Gasteiger partial charge in [-0.1, -0.05) is 17.7 Å². The maximum atomic E-state index is 12.1. The number of aryl methyl sites for hydroxylation is 1. The molecule has 0 bridgehead atoms. The minimum atomic E-state index is -0.515. The van der Waals surface area contributed by atoms with Crippen molar-refractivity contribution >= 4 is 11.8 Å². The van der Waals surface area contributed by atoms with Gasteiger partial charge in [-0.05, 0) is 25.1 Å². The van der Waals surface area contributed by atoms with E-state index in [0.717, 1.165) is 5.56 Å². The summed E-state index contributed by atoms with van der Waals surface area (Å²) in [6, 6.07) is 9.73. The van der Waals surface area contributed by atoms with Gasteiger partial charge in [0, 0.05) is 12.3 Å². The van der Waals surface area contributed by atoms with Crippen molar-refractivity contribution in [3.8, 4) is 5.75 Å². The first-order chi connectivity index (χ1) is 11.0. The Morgan fingerprint density at radius 2 is 1.96 bits per heavy atom. The first-order valence-corrected chi connectivity index (χ1v) is 6.90. The van der Waals surface area contributed by atoms with Crippen LogP contribution in [-0.4, -0.2) is 23.5 Å². The summed E-state index contributed by atoms with van der Waals surface area (Å²) in [5.74, 6) is -0.612. The molecule has 23 heavy (non-hydrogen) atoms. The van der Waals surface area contributed by atoms with E-state index < -0.39 is 11.8 Å². The number of hydrogen-bond acceptors (Lipinski definition) is 4. The van der Waals surface area contributed by atoms with E-state index in [1.807, 2.05) is 13.0 Å². The van der Waals surface area contributed by atoms with Crippen LogP contribution in [-0.2, 0) is 11.3 Å². The van der Waals surface area contributed by atoms with Crippen LogP contribution >= 0.6 is 0 Å². The number of nitrogens with zero attached hydrogens (tertiary/aromatic N) is 1. The summed E-state index contributed by atoms with van der Waals surface area (Å²) in [4.78, 5) is 35.4. The lowest BCUT2D eigenvalue weighted by atomic mass is 10.1. The van der Waals surface area contributed by atoms with Crippen LogP contribution in [0.2, 0.25) is 0 Å². The van der Waals surface area contributed by atoms with Crippen LogP contribution in [0.15, 0.2) is 47.4 Å². The van der Waals surface area contributed by atoms with Crippen molar-refractivity contribution in [3.63, 3.8) is 0 Å². The lowest BCUT2D eigenvalue weighted by molar-refractivity contribution is -0.122. The molecule has 2 amide bonds. The average Bonchev–Trinajstić information content (AvgIpc) is 2.54. The summed E-state index contributed by atoms with van der Waals surface area (Å²) in [6.45, 7) is 1.65. The molecule has 120 valence electrons. The van der Waals surface area contributed by atoms with E-state index >= 15 is 0 Å². The summed E-state index contributed by atoms with van der Waals surface area (Å²) < 4.78 is 6.35. The predicted molar refractivity (Wildman–Crippen MR) is 84.0 cm³/mol. The van der Waals surface area contributed by atoms with E-state index in [9.17, 15) is 14.4 Å². The second-order valence-corrected chi connectivity index (χ2v) is 4.87. The van der Waals surface area contributed by atoms with Gasteiger partial charge in [-0.3, -0.25) is 25.2 Å². The molecule has 0 atom stereocenters. The number of carbonyl (C=O) groups excluding carboxylic acids is 2. The molecule has 7 nitrogen and oxygen atoms in total. The monoisotopic (exact) mass is 315 g/mol. The van der Waals surface area contributed by atoms with E-state index in [4.69, 9.17) is 4.74 Å². The van der Waals surface area contributed by atoms with Crippen molar-refractivity contribution in [2.45, 2.75) is 13.5 Å². The van der Waals surface area contributed by atoms with Crippen LogP contribution in [0.4, 0.5) is 0 Å². The number of rotatable bonds is 4. The van der Waals surface area contributed by atoms with Crippen molar-refractivity contribution in [3.05, 3.63) is 64.1 Å². The number of ether oxygens (including phenoxy) is 1. The topological polar surface area (TPSA) is 89.4 Å². The zero-order valence-corrected chi connectivity index (χ0v) is 12.8. The van der Waals surface area contributed by atoms with Crippen LogP contribution < -0.4 is 21.1 Å². The van der Waals surface area contributed by atoms with Crippen LogP contribution in [0.3, 0.4) is 0 Å². The first kappa shape index (κ1) is 16.3. The molecule has 0 aliphatic heterocycles. The van der Waals surface area contributed by atoms with E-state index in [-0.39, 0.29) is 12.1 Å². The Morgan fingerprint density at radius 1 is 1.17 bits per heavy atom. The fraction of sp³-hybridized carbons (Fsp3) is 0.188. The van der Waals surface area contributed by atoms with Gasteiger partial charge in [0.2, 0.25) is 0 Å². The minimum absolute atomic E-state index is 0.190. The number of hydrogen-bond donors (Lipinski definition) is 2. The molecule has 2 N–H and O–H groups in total. The van der Waals surface area contributed by atoms with Crippen molar-refractivity contribution in [1.29, 1.82) is 0 Å². The maximum Gasteiger partial charge on any atom is 0.273 e. The molecule has 7 heteroatoms. The third-order valence-electron chi connectivity index (χ3n) is 3.13. The predicted octanol–water partition coefficient (Wildman–Crippen LogP) is 0.627. The van der Waals surface area contributed by atoms with Gasteiger partial charge < -0.3 is 9.30 Å². The number of benzene rings is 1. The Balaban J connectivity index is 1.99. The van der Waals surface area contributed by atoms with Gasteiger partial charge >= 0.3 is 0 Å². The van der Waals surface area contributed by atoms with Gasteiger partial charge in [0.25, 0.3) is 17.4 Å². The molecular weight excluding hydrogens is 298 g/mol. The molecule has 0 saturated carbocycles. The van der Waals surface area contributed by atoms with Gasteiger partial charge in [0.1, 0.15) is 12.3 Å². The van der Waals surface area contributed by atoms with Gasteiger partial charge in [-0.15, -0.1) is 0 Å². The Kier molecular flexibility index (Phi) is 5.14. The molecule has 1 heterocycles. The maximum absolute atomic E-state index is 12.1. The normalized spacial score (nSPS) is 10.0. The molecular formula is C16H17N3O4. The number of methoxy groups -OCH3 is 1. The number of carbonyl (C=O) groups is 2. The molecule has 0 unspecified atom stereocenters. The summed E-state index contributed by atoms with van der Waals surface area (Å²) >= 11 is 0. The third-order valence-corrected chi connectivity index (χ3v) is 3.13. The fourth-order valence-electron chi connectivity index (χ4n) is 1.98. The molecule has 0 aliphatic rings. The highest BCUT2D eigenvalue weighted by molar-refractivity contribution is 5.98. The molecule has 0 saturated heterocycles. The summed E-state index contributed by atoms with van der Waals surface area (Å²) in [5.41, 5.74) is 5.48. The van der Waals surface area contributed by atoms with Crippen LogP contribution in [0.1, 0.15) is 15.9 Å². The molecule has 2 aromatic rings. The number of amides is 2. The van der Waals surface area contributed by atoms with Crippen LogP contribution in [0, 0.1) is 6.92 Å². The number of aromatic nitrogens is 1. The summed E-state index contributed by atoms with van der Waals surface area (Å²) in [7, 11) is 1.46. The van der Waals surface area contributed by atoms with Gasteiger partial charge in [0.05, 0.1) is 12.7 Å². The quantitative estimate of drug-likeness (QED) is 0.810. The van der Waals surface area contributed by atoms with Gasteiger partial charge in [0.15, 0.2) is 0 Å². The van der Waals surface area contributed by atoms with E-state index in [1.54, 1.807) is 24.3 Å². The Hall–Kier alpha value is -3.09. The average molecular weight is 315 g/mol. The molecule has 0 fully saturated rings. The first-order valence-electron chi connectivity index (χ1n) is 6.90. The minimum Gasteiger partial charge on any atom is -0.496 e. The molecule has 1 aromatic heterocycles. The Bertz CT molecular complexity index is 783. The number of hydrazine groups is 1. The zero-order chi connectivity index (χ0) is 16.8. The molecule has 1 aromatic carbocycles. The summed E-state index contributed by atoms with van der Waals surface area (Å²) in [6.07, 6.45) is 1.49. The Morgan fingerprint density at radius 3 is 2.65 bits per heavy atom.